The number of hydrogen-bond acceptors (Lipinski definition) is 2. The molecular formula is C16H18N2O. The van der Waals surface area contributed by atoms with Crippen molar-refractivity contribution in [1.29, 1.82) is 0 Å². The predicted octanol–water partition coefficient (Wildman–Crippen LogP) is 3.43. The van der Waals surface area contributed by atoms with Crippen LogP contribution in [0.3, 0.4) is 0 Å². The van der Waals surface area contributed by atoms with Gasteiger partial charge in [-0.15, -0.1) is 0 Å². The van der Waals surface area contributed by atoms with Crippen LogP contribution in [0.15, 0.2) is 54.6 Å². The van der Waals surface area contributed by atoms with Gasteiger partial charge in [-0.2, -0.15) is 0 Å². The van der Waals surface area contributed by atoms with Crippen LogP contribution in [0, 0.1) is 6.92 Å². The summed E-state index contributed by atoms with van der Waals surface area (Å²) in [5, 5.41) is 6.07. The van der Waals surface area contributed by atoms with Gasteiger partial charge in [0.1, 0.15) is 6.04 Å². The first-order valence-corrected chi connectivity index (χ1v) is 6.34. The summed E-state index contributed by atoms with van der Waals surface area (Å²) in [4.78, 5) is 12.0. The Balaban J connectivity index is 1.96. The Morgan fingerprint density at radius 3 is 2.37 bits per heavy atom. The van der Waals surface area contributed by atoms with Crippen molar-refractivity contribution in [2.75, 3.05) is 10.6 Å². The summed E-state index contributed by atoms with van der Waals surface area (Å²) < 4.78 is 0. The largest absolute Gasteiger partial charge is 0.374 e. The van der Waals surface area contributed by atoms with Crippen LogP contribution in [0.25, 0.3) is 0 Å². The van der Waals surface area contributed by atoms with Gasteiger partial charge in [-0.05, 0) is 43.7 Å². The van der Waals surface area contributed by atoms with Crippen molar-refractivity contribution < 1.29 is 4.79 Å². The van der Waals surface area contributed by atoms with E-state index in [0.717, 1.165) is 11.4 Å². The summed E-state index contributed by atoms with van der Waals surface area (Å²) >= 11 is 0. The van der Waals surface area contributed by atoms with Gasteiger partial charge < -0.3 is 10.6 Å². The molecule has 0 radical (unpaired) electrons. The molecule has 0 aliphatic carbocycles. The molecule has 98 valence electrons. The van der Waals surface area contributed by atoms with Gasteiger partial charge in [-0.25, -0.2) is 0 Å². The molecule has 0 aliphatic heterocycles. The summed E-state index contributed by atoms with van der Waals surface area (Å²) in [6.07, 6.45) is 0. The number of benzene rings is 2. The minimum atomic E-state index is -0.290. The molecule has 0 bridgehead atoms. The highest BCUT2D eigenvalue weighted by atomic mass is 16.2. The van der Waals surface area contributed by atoms with Gasteiger partial charge in [0.15, 0.2) is 0 Å². The van der Waals surface area contributed by atoms with E-state index in [1.807, 2.05) is 68.4 Å². The van der Waals surface area contributed by atoms with Gasteiger partial charge in [-0.1, -0.05) is 30.3 Å². The maximum Gasteiger partial charge on any atom is 0.246 e. The first-order valence-electron chi connectivity index (χ1n) is 6.34. The number of nitrogens with one attached hydrogen (secondary N) is 2. The van der Waals surface area contributed by atoms with Crippen molar-refractivity contribution >= 4 is 17.3 Å². The Hall–Kier alpha value is -2.29. The van der Waals surface area contributed by atoms with Crippen LogP contribution in [-0.4, -0.2) is 11.9 Å². The minimum Gasteiger partial charge on any atom is -0.374 e. The van der Waals surface area contributed by atoms with Crippen LogP contribution in [0.5, 0.6) is 0 Å². The number of amides is 1. The average molecular weight is 254 g/mol. The van der Waals surface area contributed by atoms with Crippen LogP contribution in [-0.2, 0) is 4.79 Å². The second-order valence-corrected chi connectivity index (χ2v) is 4.59. The number of carbonyl (C=O) groups is 1. The zero-order valence-electron chi connectivity index (χ0n) is 11.2. The quantitative estimate of drug-likeness (QED) is 0.877. The SMILES string of the molecule is Cc1cccc(N[C@H](C)C(=O)Nc2ccccc2)c1. The zero-order valence-corrected chi connectivity index (χ0v) is 11.2. The Kier molecular flexibility index (Phi) is 4.18. The Bertz CT molecular complexity index is 552. The molecule has 2 aromatic carbocycles. The summed E-state index contributed by atoms with van der Waals surface area (Å²) in [5.41, 5.74) is 2.93. The number of para-hydroxylation sites is 1. The van der Waals surface area contributed by atoms with Crippen molar-refractivity contribution in [3.8, 4) is 0 Å². The molecule has 3 nitrogen and oxygen atoms in total. The Morgan fingerprint density at radius 2 is 1.68 bits per heavy atom. The lowest BCUT2D eigenvalue weighted by molar-refractivity contribution is -0.116. The molecule has 1 atom stereocenters. The molecule has 2 N–H and O–H groups in total. The fourth-order valence-corrected chi connectivity index (χ4v) is 1.82. The molecule has 0 aliphatic rings. The average Bonchev–Trinajstić information content (AvgIpc) is 2.40. The molecule has 19 heavy (non-hydrogen) atoms. The van der Waals surface area contributed by atoms with E-state index in [1.54, 1.807) is 0 Å². The number of carbonyl (C=O) groups excluding carboxylic acids is 1. The van der Waals surface area contributed by atoms with Gasteiger partial charge >= 0.3 is 0 Å². The molecule has 0 aromatic heterocycles. The topological polar surface area (TPSA) is 41.1 Å². The highest BCUT2D eigenvalue weighted by Gasteiger charge is 2.12. The molecule has 0 heterocycles. The second kappa shape index (κ2) is 6.05. The standard InChI is InChI=1S/C16H18N2O/c1-12-7-6-10-15(11-12)17-13(2)16(19)18-14-8-4-3-5-9-14/h3-11,13,17H,1-2H3,(H,18,19)/t13-/m1/s1. The van der Waals surface area contributed by atoms with Crippen LogP contribution in [0.4, 0.5) is 11.4 Å². The molecule has 0 spiro atoms. The highest BCUT2D eigenvalue weighted by Crippen LogP contribution is 2.12. The van der Waals surface area contributed by atoms with E-state index in [0.29, 0.717) is 0 Å². The monoisotopic (exact) mass is 254 g/mol. The summed E-state index contributed by atoms with van der Waals surface area (Å²) in [7, 11) is 0. The van der Waals surface area contributed by atoms with E-state index in [4.69, 9.17) is 0 Å². The molecule has 0 saturated carbocycles. The van der Waals surface area contributed by atoms with E-state index in [9.17, 15) is 4.79 Å². The van der Waals surface area contributed by atoms with E-state index in [-0.39, 0.29) is 11.9 Å². The van der Waals surface area contributed by atoms with Gasteiger partial charge in [0.05, 0.1) is 0 Å². The maximum absolute atomic E-state index is 12.0. The third-order valence-electron chi connectivity index (χ3n) is 2.84. The van der Waals surface area contributed by atoms with Crippen molar-refractivity contribution in [2.24, 2.45) is 0 Å². The van der Waals surface area contributed by atoms with Crippen LogP contribution >= 0.6 is 0 Å². The van der Waals surface area contributed by atoms with E-state index >= 15 is 0 Å². The minimum absolute atomic E-state index is 0.0484. The lowest BCUT2D eigenvalue weighted by Crippen LogP contribution is -2.31. The summed E-state index contributed by atoms with van der Waals surface area (Å²) in [6.45, 7) is 3.88. The second-order valence-electron chi connectivity index (χ2n) is 4.59. The van der Waals surface area contributed by atoms with Crippen LogP contribution in [0.2, 0.25) is 0 Å². The van der Waals surface area contributed by atoms with Gasteiger partial charge in [0.25, 0.3) is 0 Å². The Morgan fingerprint density at radius 1 is 1.00 bits per heavy atom. The highest BCUT2D eigenvalue weighted by molar-refractivity contribution is 5.96. The van der Waals surface area contributed by atoms with Crippen LogP contribution < -0.4 is 10.6 Å². The first-order chi connectivity index (χ1) is 9.15. The van der Waals surface area contributed by atoms with Gasteiger partial charge in [0, 0.05) is 11.4 Å². The maximum atomic E-state index is 12.0. The van der Waals surface area contributed by atoms with E-state index in [1.165, 1.54) is 5.56 Å². The van der Waals surface area contributed by atoms with E-state index < -0.39 is 0 Å². The summed E-state index contributed by atoms with van der Waals surface area (Å²) in [6, 6.07) is 17.1. The predicted molar refractivity (Wildman–Crippen MR) is 79.3 cm³/mol. The molecular weight excluding hydrogens is 236 g/mol. The first kappa shape index (κ1) is 13.1. The van der Waals surface area contributed by atoms with Crippen molar-refractivity contribution in [1.82, 2.24) is 0 Å². The smallest absolute Gasteiger partial charge is 0.246 e. The molecule has 0 saturated heterocycles. The number of anilines is 2. The van der Waals surface area contributed by atoms with Gasteiger partial charge in [0.2, 0.25) is 5.91 Å². The third-order valence-corrected chi connectivity index (χ3v) is 2.84. The van der Waals surface area contributed by atoms with Crippen LogP contribution in [0.1, 0.15) is 12.5 Å². The van der Waals surface area contributed by atoms with Crippen molar-refractivity contribution in [3.63, 3.8) is 0 Å². The normalized spacial score (nSPS) is 11.7. The molecule has 0 unspecified atom stereocenters. The molecule has 2 aromatic rings. The molecule has 0 fully saturated rings. The molecule has 1 amide bonds. The lowest BCUT2D eigenvalue weighted by Gasteiger charge is -2.15. The number of rotatable bonds is 4. The van der Waals surface area contributed by atoms with Gasteiger partial charge in [-0.3, -0.25) is 4.79 Å². The fraction of sp³-hybridized carbons (Fsp3) is 0.188. The van der Waals surface area contributed by atoms with Crippen molar-refractivity contribution in [3.05, 3.63) is 60.2 Å². The molecule has 3 heteroatoms. The Labute approximate surface area is 113 Å². The lowest BCUT2D eigenvalue weighted by atomic mass is 10.2. The molecule has 2 rings (SSSR count). The summed E-state index contributed by atoms with van der Waals surface area (Å²) in [5.74, 6) is -0.0484. The number of hydrogen-bond donors (Lipinski definition) is 2. The number of aryl methyl sites for hydroxylation is 1. The van der Waals surface area contributed by atoms with E-state index in [2.05, 4.69) is 10.6 Å². The fourth-order valence-electron chi connectivity index (χ4n) is 1.82. The van der Waals surface area contributed by atoms with Crippen molar-refractivity contribution in [2.45, 2.75) is 19.9 Å². The zero-order chi connectivity index (χ0) is 13.7. The third kappa shape index (κ3) is 3.85.